The number of halogens is 4. The van der Waals surface area contributed by atoms with E-state index < -0.39 is 23.4 Å². The van der Waals surface area contributed by atoms with Gasteiger partial charge in [0.2, 0.25) is 0 Å². The Morgan fingerprint density at radius 2 is 1.94 bits per heavy atom. The van der Waals surface area contributed by atoms with Gasteiger partial charge in [-0.05, 0) is 78.0 Å². The minimum atomic E-state index is -4.50. The number of amides is 1. The third kappa shape index (κ3) is 4.11. The summed E-state index contributed by atoms with van der Waals surface area (Å²) in [7, 11) is 0. The van der Waals surface area contributed by atoms with Crippen LogP contribution in [-0.4, -0.2) is 22.6 Å². The number of nitrogens with zero attached hydrogens (tertiary/aromatic N) is 2. The molecule has 2 aromatic rings. The molecule has 1 aromatic carbocycles. The summed E-state index contributed by atoms with van der Waals surface area (Å²) in [6, 6.07) is 9.83. The first-order valence-corrected chi connectivity index (χ1v) is 11.9. The monoisotopic (exact) mass is 483 g/mol. The predicted molar refractivity (Wildman–Crippen MR) is 122 cm³/mol. The van der Waals surface area contributed by atoms with Crippen LogP contribution in [0.3, 0.4) is 0 Å². The zero-order valence-corrected chi connectivity index (χ0v) is 19.3. The second kappa shape index (κ2) is 8.47. The number of rotatable bonds is 4. The van der Waals surface area contributed by atoms with Gasteiger partial charge in [-0.1, -0.05) is 32.3 Å². The Kier molecular flexibility index (Phi) is 5.70. The highest BCUT2D eigenvalue weighted by atomic mass is 19.4. The molecule has 3 aliphatic carbocycles. The van der Waals surface area contributed by atoms with Gasteiger partial charge in [0, 0.05) is 6.20 Å². The Bertz CT molecular complexity index is 1230. The van der Waals surface area contributed by atoms with E-state index >= 15 is 0 Å². The quantitative estimate of drug-likeness (QED) is 0.512. The Morgan fingerprint density at radius 1 is 1.20 bits per heavy atom. The number of pyridine rings is 1. The molecule has 1 N–H and O–H groups in total. The average molecular weight is 484 g/mol. The molecular weight excluding hydrogens is 458 g/mol. The molecule has 2 atom stereocenters. The summed E-state index contributed by atoms with van der Waals surface area (Å²) in [5.74, 6) is -0.386. The van der Waals surface area contributed by atoms with Crippen LogP contribution in [0.25, 0.3) is 11.1 Å². The molecule has 2 saturated carbocycles. The van der Waals surface area contributed by atoms with Gasteiger partial charge in [0.1, 0.15) is 17.4 Å². The summed E-state index contributed by atoms with van der Waals surface area (Å²) < 4.78 is 53.9. The van der Waals surface area contributed by atoms with Gasteiger partial charge in [-0.2, -0.15) is 18.4 Å². The highest BCUT2D eigenvalue weighted by Crippen LogP contribution is 2.51. The van der Waals surface area contributed by atoms with Gasteiger partial charge in [0.15, 0.2) is 0 Å². The lowest BCUT2D eigenvalue weighted by Crippen LogP contribution is -2.47. The topological polar surface area (TPSA) is 65.8 Å². The summed E-state index contributed by atoms with van der Waals surface area (Å²) >= 11 is 0. The van der Waals surface area contributed by atoms with Crippen LogP contribution in [0, 0.1) is 29.0 Å². The zero-order chi connectivity index (χ0) is 25.0. The van der Waals surface area contributed by atoms with E-state index in [1.807, 2.05) is 0 Å². The van der Waals surface area contributed by atoms with Crippen molar-refractivity contribution in [1.29, 1.82) is 5.26 Å². The molecule has 0 aliphatic heterocycles. The van der Waals surface area contributed by atoms with Gasteiger partial charge in [0.05, 0.1) is 16.8 Å². The maximum absolute atomic E-state index is 14.2. The van der Waals surface area contributed by atoms with Crippen LogP contribution in [-0.2, 0) is 0 Å². The van der Waals surface area contributed by atoms with E-state index in [9.17, 15) is 27.6 Å². The molecule has 0 saturated heterocycles. The highest BCUT2D eigenvalue weighted by Gasteiger charge is 2.64. The number of alkyl halides is 3. The van der Waals surface area contributed by atoms with Crippen molar-refractivity contribution < 1.29 is 22.4 Å². The second-order valence-corrected chi connectivity index (χ2v) is 10.0. The fourth-order valence-electron chi connectivity index (χ4n) is 5.45. The number of carbonyl (C=O) groups is 1. The molecule has 3 aliphatic rings. The smallest absolute Gasteiger partial charge is 0.338 e. The van der Waals surface area contributed by atoms with E-state index in [0.29, 0.717) is 34.7 Å². The molecule has 0 radical (unpaired) electrons. The van der Waals surface area contributed by atoms with Crippen molar-refractivity contribution in [1.82, 2.24) is 10.3 Å². The largest absolute Gasteiger partial charge is 0.411 e. The van der Waals surface area contributed by atoms with Crippen molar-refractivity contribution in [3.8, 4) is 6.07 Å². The third-order valence-corrected chi connectivity index (χ3v) is 8.01. The van der Waals surface area contributed by atoms with Crippen molar-refractivity contribution in [2.45, 2.75) is 63.1 Å². The van der Waals surface area contributed by atoms with Gasteiger partial charge in [0.25, 0.3) is 5.91 Å². The Labute approximate surface area is 201 Å². The maximum atomic E-state index is 14.2. The van der Waals surface area contributed by atoms with E-state index in [2.05, 4.69) is 23.3 Å². The zero-order valence-electron chi connectivity index (χ0n) is 19.3. The number of hydrogen-bond acceptors (Lipinski definition) is 3. The van der Waals surface area contributed by atoms with E-state index in [1.165, 1.54) is 24.4 Å². The van der Waals surface area contributed by atoms with Crippen LogP contribution in [0.5, 0.6) is 0 Å². The van der Waals surface area contributed by atoms with Crippen LogP contribution in [0.2, 0.25) is 0 Å². The molecule has 5 rings (SSSR count). The Hall–Kier alpha value is -3.21. The number of carbonyl (C=O) groups excluding carboxylic acids is 1. The van der Waals surface area contributed by atoms with Crippen LogP contribution in [0.15, 0.2) is 36.5 Å². The Balaban J connectivity index is 1.51. The first-order valence-electron chi connectivity index (χ1n) is 11.9. The number of benzene rings is 1. The number of nitrogens with one attached hydrogen (secondary N) is 1. The first-order chi connectivity index (χ1) is 16.6. The number of allylic oxidation sites excluding steroid dienone is 2. The van der Waals surface area contributed by atoms with Crippen molar-refractivity contribution in [3.63, 3.8) is 0 Å². The Morgan fingerprint density at radius 3 is 2.49 bits per heavy atom. The van der Waals surface area contributed by atoms with E-state index in [-0.39, 0.29) is 30.2 Å². The van der Waals surface area contributed by atoms with Crippen LogP contribution in [0.1, 0.15) is 78.5 Å². The summed E-state index contributed by atoms with van der Waals surface area (Å²) in [4.78, 5) is 16.9. The second-order valence-electron chi connectivity index (χ2n) is 10.0. The predicted octanol–water partition coefficient (Wildman–Crippen LogP) is 6.40. The summed E-state index contributed by atoms with van der Waals surface area (Å²) in [5, 5.41) is 12.2. The highest BCUT2D eigenvalue weighted by molar-refractivity contribution is 5.99. The molecule has 1 amide bonds. The lowest BCUT2D eigenvalue weighted by Gasteiger charge is -2.37. The molecule has 0 spiro atoms. The molecule has 8 heteroatoms. The van der Waals surface area contributed by atoms with Crippen molar-refractivity contribution >= 4 is 17.1 Å². The van der Waals surface area contributed by atoms with Gasteiger partial charge in [-0.25, -0.2) is 4.39 Å². The minimum Gasteiger partial charge on any atom is -0.338 e. The van der Waals surface area contributed by atoms with Gasteiger partial charge < -0.3 is 5.32 Å². The van der Waals surface area contributed by atoms with Crippen molar-refractivity contribution in [2.24, 2.45) is 11.8 Å². The van der Waals surface area contributed by atoms with Crippen LogP contribution in [0.4, 0.5) is 17.6 Å². The molecule has 0 bridgehead atoms. The molecule has 1 heterocycles. The third-order valence-electron chi connectivity index (χ3n) is 8.01. The van der Waals surface area contributed by atoms with E-state index in [0.717, 1.165) is 24.8 Å². The average Bonchev–Trinajstić information content (AvgIpc) is 3.58. The van der Waals surface area contributed by atoms with E-state index in [4.69, 9.17) is 0 Å². The van der Waals surface area contributed by atoms with Crippen LogP contribution < -0.4 is 5.32 Å². The number of nitriles is 1. The number of hydrogen-bond donors (Lipinski definition) is 1. The summed E-state index contributed by atoms with van der Waals surface area (Å²) in [5.41, 5.74) is 0.874. The first kappa shape index (κ1) is 23.5. The molecule has 182 valence electrons. The fraction of sp³-hybridized carbons (Fsp3) is 0.444. The summed E-state index contributed by atoms with van der Waals surface area (Å²) in [6.45, 7) is 2.12. The minimum absolute atomic E-state index is 0.0207. The van der Waals surface area contributed by atoms with Gasteiger partial charge in [-0.15, -0.1) is 0 Å². The van der Waals surface area contributed by atoms with Crippen molar-refractivity contribution in [3.05, 3.63) is 64.7 Å². The lowest BCUT2D eigenvalue weighted by molar-refractivity contribution is -0.163. The summed E-state index contributed by atoms with van der Waals surface area (Å²) in [6.07, 6.45) is 0.432. The molecule has 1 aromatic heterocycles. The molecular formula is C27H25F4N3O. The van der Waals surface area contributed by atoms with Crippen molar-refractivity contribution in [2.75, 3.05) is 0 Å². The maximum Gasteiger partial charge on any atom is 0.411 e. The number of aromatic nitrogens is 1. The SMILES string of the molecule is CC1c2ccc(F)cc2C(C#N)=C(c2ccc(C(=O)NC3(C(F)(F)F)CC3)cn2)CC1C1CCC1. The van der Waals surface area contributed by atoms with Gasteiger partial charge in [-0.3, -0.25) is 9.78 Å². The number of fused-ring (bicyclic) bond motifs is 1. The molecule has 4 nitrogen and oxygen atoms in total. The van der Waals surface area contributed by atoms with Gasteiger partial charge >= 0.3 is 6.18 Å². The van der Waals surface area contributed by atoms with E-state index in [1.54, 1.807) is 12.1 Å². The standard InChI is InChI=1S/C27H25F4N3O/c1-15-19-7-6-18(28)11-21(19)23(13-32)22(12-20(15)16-3-2-4-16)24-8-5-17(14-33-24)25(35)34-26(9-10-26)27(29,30)31/h5-8,11,14-16,20H,2-4,9-10,12H2,1H3,(H,34,35). The van der Waals surface area contributed by atoms with Crippen LogP contribution >= 0.6 is 0 Å². The molecule has 35 heavy (non-hydrogen) atoms. The molecule has 2 fully saturated rings. The normalized spacial score (nSPS) is 23.5. The fourth-order valence-corrected chi connectivity index (χ4v) is 5.45. The molecule has 2 unspecified atom stereocenters. The lowest BCUT2D eigenvalue weighted by atomic mass is 9.67.